The molecular formula is C11H12F4N2O. The van der Waals surface area contributed by atoms with E-state index in [1.54, 1.807) is 0 Å². The van der Waals surface area contributed by atoms with E-state index in [4.69, 9.17) is 5.73 Å². The highest BCUT2D eigenvalue weighted by molar-refractivity contribution is 5.98. The molecule has 0 radical (unpaired) electrons. The van der Waals surface area contributed by atoms with Crippen LogP contribution >= 0.6 is 0 Å². The summed E-state index contributed by atoms with van der Waals surface area (Å²) in [6.07, 6.45) is -4.87. The molecule has 0 aromatic heterocycles. The minimum Gasteiger partial charge on any atom is -0.324 e. The van der Waals surface area contributed by atoms with Gasteiger partial charge in [-0.1, -0.05) is 0 Å². The van der Waals surface area contributed by atoms with Crippen LogP contribution in [0.15, 0.2) is 18.2 Å². The maximum Gasteiger partial charge on any atom is 0.415 e. The first-order valence-electron chi connectivity index (χ1n) is 4.99. The second-order valence-corrected chi connectivity index (χ2v) is 4.12. The van der Waals surface area contributed by atoms with Gasteiger partial charge in [0.15, 0.2) is 5.54 Å². The van der Waals surface area contributed by atoms with Gasteiger partial charge in [-0.3, -0.25) is 4.79 Å². The summed E-state index contributed by atoms with van der Waals surface area (Å²) in [5.41, 5.74) is 2.20. The van der Waals surface area contributed by atoms with Crippen molar-refractivity contribution >= 4 is 11.6 Å². The fourth-order valence-corrected chi connectivity index (χ4v) is 1.11. The molecule has 1 unspecified atom stereocenters. The van der Waals surface area contributed by atoms with Crippen LogP contribution in [0.25, 0.3) is 0 Å². The normalized spacial score (nSPS) is 15.1. The van der Waals surface area contributed by atoms with Crippen molar-refractivity contribution in [3.05, 3.63) is 29.6 Å². The lowest BCUT2D eigenvalue weighted by atomic mass is 10.0. The molecule has 7 heteroatoms. The molecule has 0 aliphatic carbocycles. The van der Waals surface area contributed by atoms with Crippen LogP contribution in [0.5, 0.6) is 0 Å². The van der Waals surface area contributed by atoms with Gasteiger partial charge < -0.3 is 11.1 Å². The van der Waals surface area contributed by atoms with E-state index in [9.17, 15) is 22.4 Å². The first kappa shape index (κ1) is 14.4. The van der Waals surface area contributed by atoms with Crippen molar-refractivity contribution in [3.63, 3.8) is 0 Å². The second-order valence-electron chi connectivity index (χ2n) is 4.12. The van der Waals surface area contributed by atoms with E-state index in [0.29, 0.717) is 6.92 Å². The van der Waals surface area contributed by atoms with Gasteiger partial charge in [0.05, 0.1) is 0 Å². The minimum atomic E-state index is -4.87. The molecule has 0 bridgehead atoms. The van der Waals surface area contributed by atoms with E-state index >= 15 is 0 Å². The number of rotatable bonds is 2. The number of amides is 1. The Bertz CT molecular complexity index is 469. The maximum atomic E-state index is 12.9. The van der Waals surface area contributed by atoms with Crippen molar-refractivity contribution in [3.8, 4) is 0 Å². The number of alkyl halides is 3. The number of hydrogen-bond acceptors (Lipinski definition) is 2. The van der Waals surface area contributed by atoms with E-state index in [1.165, 1.54) is 13.0 Å². The highest BCUT2D eigenvalue weighted by atomic mass is 19.4. The van der Waals surface area contributed by atoms with E-state index in [1.807, 2.05) is 5.32 Å². The molecule has 3 N–H and O–H groups in total. The number of carbonyl (C=O) groups excluding carboxylic acids is 1. The molecule has 0 fully saturated rings. The third kappa shape index (κ3) is 2.79. The largest absolute Gasteiger partial charge is 0.415 e. The quantitative estimate of drug-likeness (QED) is 0.806. The topological polar surface area (TPSA) is 55.1 Å². The molecule has 1 atom stereocenters. The molecule has 0 aliphatic heterocycles. The zero-order valence-corrected chi connectivity index (χ0v) is 9.73. The molecule has 3 nitrogen and oxygen atoms in total. The first-order chi connectivity index (χ1) is 8.05. The van der Waals surface area contributed by atoms with Crippen molar-refractivity contribution < 1.29 is 22.4 Å². The lowest BCUT2D eigenvalue weighted by molar-refractivity contribution is -0.184. The van der Waals surface area contributed by atoms with Crippen molar-refractivity contribution in [2.45, 2.75) is 25.6 Å². The van der Waals surface area contributed by atoms with Gasteiger partial charge in [0, 0.05) is 5.69 Å². The van der Waals surface area contributed by atoms with Crippen LogP contribution in [0.3, 0.4) is 0 Å². The molecule has 0 heterocycles. The van der Waals surface area contributed by atoms with Gasteiger partial charge in [-0.15, -0.1) is 0 Å². The molecule has 0 aliphatic rings. The molecule has 1 rings (SSSR count). The highest BCUT2D eigenvalue weighted by Gasteiger charge is 2.53. The van der Waals surface area contributed by atoms with Crippen molar-refractivity contribution in [1.29, 1.82) is 0 Å². The van der Waals surface area contributed by atoms with Crippen LogP contribution in [0.4, 0.5) is 23.2 Å². The molecular weight excluding hydrogens is 252 g/mol. The third-order valence-electron chi connectivity index (χ3n) is 2.48. The van der Waals surface area contributed by atoms with Crippen LogP contribution in [0.1, 0.15) is 12.5 Å². The number of aryl methyl sites for hydroxylation is 1. The van der Waals surface area contributed by atoms with E-state index in [-0.39, 0.29) is 11.3 Å². The van der Waals surface area contributed by atoms with Gasteiger partial charge in [-0.25, -0.2) is 4.39 Å². The van der Waals surface area contributed by atoms with Gasteiger partial charge in [-0.05, 0) is 37.6 Å². The Labute approximate surface area is 101 Å². The number of nitrogens with two attached hydrogens (primary N) is 1. The molecule has 0 saturated carbocycles. The predicted molar refractivity (Wildman–Crippen MR) is 58.4 cm³/mol. The minimum absolute atomic E-state index is 0.0554. The van der Waals surface area contributed by atoms with E-state index < -0.39 is 23.4 Å². The van der Waals surface area contributed by atoms with Crippen LogP contribution in [0, 0.1) is 12.7 Å². The Morgan fingerprint density at radius 2 is 1.89 bits per heavy atom. The Morgan fingerprint density at radius 3 is 2.33 bits per heavy atom. The van der Waals surface area contributed by atoms with Gasteiger partial charge in [0.1, 0.15) is 5.82 Å². The van der Waals surface area contributed by atoms with Gasteiger partial charge in [0.25, 0.3) is 5.91 Å². The van der Waals surface area contributed by atoms with Crippen molar-refractivity contribution in [2.75, 3.05) is 5.32 Å². The van der Waals surface area contributed by atoms with E-state index in [2.05, 4.69) is 0 Å². The zero-order valence-electron chi connectivity index (χ0n) is 9.73. The van der Waals surface area contributed by atoms with Crippen LogP contribution in [-0.2, 0) is 4.79 Å². The number of hydrogen-bond donors (Lipinski definition) is 2. The Kier molecular flexibility index (Phi) is 3.66. The Balaban J connectivity index is 2.91. The number of anilines is 1. The monoisotopic (exact) mass is 264 g/mol. The van der Waals surface area contributed by atoms with Crippen LogP contribution in [-0.4, -0.2) is 17.6 Å². The van der Waals surface area contributed by atoms with Gasteiger partial charge in [-0.2, -0.15) is 13.2 Å². The summed E-state index contributed by atoms with van der Waals surface area (Å²) >= 11 is 0. The summed E-state index contributed by atoms with van der Waals surface area (Å²) in [4.78, 5) is 11.4. The maximum absolute atomic E-state index is 12.9. The van der Waals surface area contributed by atoms with Crippen LogP contribution in [0.2, 0.25) is 0 Å². The summed E-state index contributed by atoms with van der Waals surface area (Å²) in [5.74, 6) is -1.92. The predicted octanol–water partition coefficient (Wildman–Crippen LogP) is 2.35. The highest BCUT2D eigenvalue weighted by Crippen LogP contribution is 2.29. The standard InChI is InChI=1S/C11H12F4N2O/c1-6-5-7(3-4-8(6)12)17-9(18)10(2,16)11(13,14)15/h3-5H,16H2,1-2H3,(H,17,18). The summed E-state index contributed by atoms with van der Waals surface area (Å²) in [6.45, 7) is 2.00. The summed E-state index contributed by atoms with van der Waals surface area (Å²) in [5, 5.41) is 2.01. The van der Waals surface area contributed by atoms with E-state index in [0.717, 1.165) is 12.1 Å². The third-order valence-corrected chi connectivity index (χ3v) is 2.48. The lowest BCUT2D eigenvalue weighted by Crippen LogP contribution is -2.59. The van der Waals surface area contributed by atoms with Crippen LogP contribution < -0.4 is 11.1 Å². The SMILES string of the molecule is Cc1cc(NC(=O)C(C)(N)C(F)(F)F)ccc1F. The number of carbonyl (C=O) groups is 1. The Morgan fingerprint density at radius 1 is 1.33 bits per heavy atom. The molecule has 100 valence electrons. The van der Waals surface area contributed by atoms with Gasteiger partial charge in [0.2, 0.25) is 0 Å². The number of benzene rings is 1. The number of halogens is 4. The molecule has 0 saturated heterocycles. The summed E-state index contributed by atoms with van der Waals surface area (Å²) < 4.78 is 50.4. The molecule has 1 amide bonds. The Hall–Kier alpha value is -1.63. The lowest BCUT2D eigenvalue weighted by Gasteiger charge is -2.26. The second kappa shape index (κ2) is 4.56. The summed E-state index contributed by atoms with van der Waals surface area (Å²) in [6, 6.07) is 3.43. The fraction of sp³-hybridized carbons (Fsp3) is 0.364. The average molecular weight is 264 g/mol. The average Bonchev–Trinajstić information content (AvgIpc) is 2.21. The first-order valence-corrected chi connectivity index (χ1v) is 4.99. The van der Waals surface area contributed by atoms with Crippen molar-refractivity contribution in [2.24, 2.45) is 5.73 Å². The molecule has 1 aromatic rings. The fourth-order valence-electron chi connectivity index (χ4n) is 1.11. The summed E-state index contributed by atoms with van der Waals surface area (Å²) in [7, 11) is 0. The molecule has 18 heavy (non-hydrogen) atoms. The smallest absolute Gasteiger partial charge is 0.324 e. The number of nitrogens with one attached hydrogen (secondary N) is 1. The molecule has 0 spiro atoms. The molecule has 1 aromatic carbocycles. The van der Waals surface area contributed by atoms with Gasteiger partial charge >= 0.3 is 6.18 Å². The van der Waals surface area contributed by atoms with Crippen molar-refractivity contribution in [1.82, 2.24) is 0 Å². The zero-order chi connectivity index (χ0) is 14.1.